The molecule has 1 aliphatic heterocycles. The number of para-hydroxylation sites is 2. The summed E-state index contributed by atoms with van der Waals surface area (Å²) in [4.78, 5) is 9.84. The predicted molar refractivity (Wildman–Crippen MR) is 384 cm³/mol. The van der Waals surface area contributed by atoms with E-state index in [-0.39, 0.29) is 59.0 Å². The Kier molecular flexibility index (Phi) is 16.2. The minimum atomic E-state index is -0.261. The molecule has 470 valence electrons. The maximum atomic E-state index is 9.89. The minimum Gasteiger partial charge on any atom is -0.509 e. The molecule has 8 heteroatoms. The first-order chi connectivity index (χ1) is 41.9. The minimum absolute atomic E-state index is 0. The van der Waals surface area contributed by atoms with E-state index in [4.69, 9.17) is 9.72 Å². The van der Waals surface area contributed by atoms with Gasteiger partial charge in [0, 0.05) is 92.6 Å². The molecule has 12 rings (SSSR count). The molecule has 0 unspecified atom stereocenters. The van der Waals surface area contributed by atoms with Crippen LogP contribution in [0.4, 0.5) is 22.7 Å². The molecule has 0 N–H and O–H groups in total. The number of fused-ring (bicyclic) bond motifs is 8. The number of hydrogen-bond donors (Lipinski definition) is 0. The van der Waals surface area contributed by atoms with Crippen LogP contribution in [-0.4, -0.2) is 9.55 Å². The van der Waals surface area contributed by atoms with E-state index in [1.54, 1.807) is 11.3 Å². The molecule has 0 amide bonds. The number of ether oxygens (including phenoxy) is 1. The summed E-state index contributed by atoms with van der Waals surface area (Å²) in [5.41, 5.74) is 19.3. The van der Waals surface area contributed by atoms with Crippen molar-refractivity contribution in [3.8, 4) is 45.6 Å². The van der Waals surface area contributed by atoms with Gasteiger partial charge in [0.1, 0.15) is 5.82 Å². The first-order valence-corrected chi connectivity index (χ1v) is 32.8. The van der Waals surface area contributed by atoms with Crippen LogP contribution in [-0.2, 0) is 59.0 Å². The topological polar surface area (TPSA) is 57.3 Å². The SMILES string of the molecule is CC(C)(C)c1cc(Oc2[c-]c3c(cc2)c2c4sc5cc(C#N)ccc5c4ccc2n3-c2cc(C(C)(C)C)ccn2)[c-]c(N2[CH-]N(c3c(-c4cc(C(C)(C)C)cc(C(C)(C)C)c4)cc(C(C)(C)C)cc3-c3cc(C(C)(C)C)cc(C(C)(C)C)c3)c3ccccc32)c1.[Pt]. The summed E-state index contributed by atoms with van der Waals surface area (Å²) in [7, 11) is 0. The molecule has 1 aliphatic rings. The summed E-state index contributed by atoms with van der Waals surface area (Å²) in [5.74, 6) is 1.97. The Balaban J connectivity index is 0.00000850. The number of anilines is 4. The van der Waals surface area contributed by atoms with Gasteiger partial charge in [-0.15, -0.1) is 65.0 Å². The second-order valence-corrected chi connectivity index (χ2v) is 33.5. The molecule has 4 heterocycles. The number of aromatic nitrogens is 2. The number of benzene rings is 8. The second kappa shape index (κ2) is 22.7. The van der Waals surface area contributed by atoms with Crippen LogP contribution < -0.4 is 14.5 Å². The molecule has 0 saturated heterocycles. The summed E-state index contributed by atoms with van der Waals surface area (Å²) in [5, 5.41) is 14.3. The van der Waals surface area contributed by atoms with Gasteiger partial charge in [-0.3, -0.25) is 0 Å². The van der Waals surface area contributed by atoms with E-state index in [0.29, 0.717) is 17.1 Å². The fraction of sp³-hybridized carbons (Fsp3) is 0.337. The van der Waals surface area contributed by atoms with Crippen LogP contribution in [0, 0.1) is 30.1 Å². The van der Waals surface area contributed by atoms with Gasteiger partial charge in [-0.25, -0.2) is 4.98 Å². The van der Waals surface area contributed by atoms with Crippen molar-refractivity contribution < 1.29 is 25.8 Å². The zero-order valence-corrected chi connectivity index (χ0v) is 60.4. The standard InChI is InChI=1S/C83H88N5OS.Pt/c1-77(2,3)53-32-33-85-73(45-53)88-70-31-30-64-63-28-26-50(48-84)34-72(63)90-76(64)74(70)65-29-27-61(47-71(65)88)89-62-42-58(82(16,17)18)41-60(46-62)86-49-87(69-25-23-22-24-68(69)86)75-66(51-35-54(78(4,5)6)39-55(36-51)79(7,8)9)43-59(83(19,20)21)44-67(75)52-37-56(80(10,11)12)40-57(38-52)81(13,14)15;/h22-45,49H,1-21H3;/q-3;. The smallest absolute Gasteiger partial charge is 0.135 e. The number of nitrogens with zero attached hydrogens (tertiary/aromatic N) is 5. The van der Waals surface area contributed by atoms with Gasteiger partial charge in [0.25, 0.3) is 0 Å². The van der Waals surface area contributed by atoms with Crippen LogP contribution in [0.15, 0.2) is 146 Å². The van der Waals surface area contributed by atoms with Crippen LogP contribution in [0.5, 0.6) is 11.5 Å². The summed E-state index contributed by atoms with van der Waals surface area (Å²) >= 11 is 1.73. The van der Waals surface area contributed by atoms with E-state index in [2.05, 4.69) is 306 Å². The van der Waals surface area contributed by atoms with E-state index in [1.807, 2.05) is 24.4 Å². The Morgan fingerprint density at radius 1 is 0.473 bits per heavy atom. The average molecular weight is 1400 g/mol. The largest absolute Gasteiger partial charge is 0.509 e. The van der Waals surface area contributed by atoms with Crippen molar-refractivity contribution >= 4 is 76.1 Å². The van der Waals surface area contributed by atoms with E-state index in [0.717, 1.165) is 76.1 Å². The summed E-state index contributed by atoms with van der Waals surface area (Å²) in [6.07, 6.45) is 1.92. The number of hydrogen-bond acceptors (Lipinski definition) is 6. The van der Waals surface area contributed by atoms with Crippen molar-refractivity contribution in [3.63, 3.8) is 0 Å². The molecule has 0 saturated carbocycles. The Hall–Kier alpha value is -7.49. The molecule has 8 aromatic carbocycles. The van der Waals surface area contributed by atoms with Gasteiger partial charge < -0.3 is 19.1 Å². The van der Waals surface area contributed by atoms with Gasteiger partial charge >= 0.3 is 0 Å². The van der Waals surface area contributed by atoms with Gasteiger partial charge in [0.15, 0.2) is 0 Å². The monoisotopic (exact) mass is 1400 g/mol. The molecule has 91 heavy (non-hydrogen) atoms. The van der Waals surface area contributed by atoms with Gasteiger partial charge in [-0.2, -0.15) is 11.3 Å². The zero-order valence-electron chi connectivity index (χ0n) is 57.3. The van der Waals surface area contributed by atoms with Crippen molar-refractivity contribution in [3.05, 3.63) is 209 Å². The van der Waals surface area contributed by atoms with Gasteiger partial charge in [0.05, 0.1) is 11.6 Å². The Morgan fingerprint density at radius 3 is 1.49 bits per heavy atom. The number of rotatable bonds is 7. The Morgan fingerprint density at radius 2 is 0.967 bits per heavy atom. The molecular weight excluding hydrogens is 1310 g/mol. The summed E-state index contributed by atoms with van der Waals surface area (Å²) in [6, 6.07) is 62.0. The molecule has 0 aliphatic carbocycles. The van der Waals surface area contributed by atoms with Gasteiger partial charge in [0.2, 0.25) is 0 Å². The molecule has 0 spiro atoms. The van der Waals surface area contributed by atoms with Crippen molar-refractivity contribution in [2.24, 2.45) is 0 Å². The summed E-state index contributed by atoms with van der Waals surface area (Å²) in [6.45, 7) is 50.9. The molecule has 0 fully saturated rings. The van der Waals surface area contributed by atoms with E-state index in [9.17, 15) is 5.26 Å². The van der Waals surface area contributed by atoms with E-state index < -0.39 is 0 Å². The number of nitriles is 1. The molecule has 3 aromatic heterocycles. The number of thiophene rings is 1. The van der Waals surface area contributed by atoms with E-state index >= 15 is 0 Å². The summed E-state index contributed by atoms with van der Waals surface area (Å²) < 4.78 is 11.7. The van der Waals surface area contributed by atoms with Gasteiger partial charge in [-0.1, -0.05) is 212 Å². The Bertz CT molecular complexity index is 4570. The maximum Gasteiger partial charge on any atom is 0.135 e. The second-order valence-electron chi connectivity index (χ2n) is 32.4. The van der Waals surface area contributed by atoms with Crippen LogP contribution in [0.1, 0.15) is 190 Å². The quantitative estimate of drug-likeness (QED) is 0.149. The third-order valence-corrected chi connectivity index (χ3v) is 19.4. The third-order valence-electron chi connectivity index (χ3n) is 18.2. The van der Waals surface area contributed by atoms with Crippen molar-refractivity contribution in [2.75, 3.05) is 9.80 Å². The van der Waals surface area contributed by atoms with Crippen molar-refractivity contribution in [1.29, 1.82) is 5.26 Å². The molecular formula is C83H88N5OPtS-3. The Labute approximate surface area is 560 Å². The zero-order chi connectivity index (χ0) is 64.7. The molecule has 0 atom stereocenters. The maximum absolute atomic E-state index is 9.89. The predicted octanol–water partition coefficient (Wildman–Crippen LogP) is 23.6. The fourth-order valence-corrected chi connectivity index (χ4v) is 13.7. The average Bonchev–Trinajstić information content (AvgIpc) is 1.63. The van der Waals surface area contributed by atoms with Gasteiger partial charge in [-0.05, 0) is 142 Å². The molecule has 0 radical (unpaired) electrons. The first-order valence-electron chi connectivity index (χ1n) is 32.0. The molecule has 6 nitrogen and oxygen atoms in total. The van der Waals surface area contributed by atoms with Crippen molar-refractivity contribution in [1.82, 2.24) is 9.55 Å². The van der Waals surface area contributed by atoms with E-state index in [1.165, 1.54) is 55.6 Å². The normalized spacial score (nSPS) is 13.6. The van der Waals surface area contributed by atoms with Crippen LogP contribution in [0.2, 0.25) is 0 Å². The van der Waals surface area contributed by atoms with Crippen LogP contribution >= 0.6 is 11.3 Å². The first kappa shape index (κ1) is 65.0. The number of pyridine rings is 1. The fourth-order valence-electron chi connectivity index (χ4n) is 12.4. The van der Waals surface area contributed by atoms with Crippen LogP contribution in [0.3, 0.4) is 0 Å². The van der Waals surface area contributed by atoms with Crippen molar-refractivity contribution in [2.45, 2.75) is 183 Å². The molecule has 0 bridgehead atoms. The molecule has 11 aromatic rings. The third kappa shape index (κ3) is 12.3. The van der Waals surface area contributed by atoms with Crippen LogP contribution in [0.25, 0.3) is 70.0 Å².